The van der Waals surface area contributed by atoms with E-state index in [1.165, 1.54) is 0 Å². The molecule has 0 aliphatic carbocycles. The van der Waals surface area contributed by atoms with Crippen LogP contribution in [0.4, 0.5) is 0 Å². The highest BCUT2D eigenvalue weighted by Crippen LogP contribution is 2.23. The maximum Gasteiger partial charge on any atom is 0.324 e. The fourth-order valence-corrected chi connectivity index (χ4v) is 2.32. The maximum absolute atomic E-state index is 11.4. The van der Waals surface area contributed by atoms with Crippen molar-refractivity contribution in [3.8, 4) is 12.3 Å². The molecule has 1 aliphatic rings. The molecule has 0 saturated carbocycles. The molecule has 4 nitrogen and oxygen atoms in total. The Hall–Kier alpha value is -1.05. The number of nitrogens with zero attached hydrogens (tertiary/aromatic N) is 1. The Bertz CT molecular complexity index is 299. The Balaban J connectivity index is 2.55. The van der Waals surface area contributed by atoms with Crippen molar-refractivity contribution in [2.45, 2.75) is 32.2 Å². The number of likely N-dealkylation sites (tertiary alicyclic amines) is 1. The molecule has 96 valence electrons. The summed E-state index contributed by atoms with van der Waals surface area (Å²) in [5.41, 5.74) is -0.820. The summed E-state index contributed by atoms with van der Waals surface area (Å²) in [6.45, 7) is 7.34. The van der Waals surface area contributed by atoms with E-state index >= 15 is 0 Å². The van der Waals surface area contributed by atoms with Crippen molar-refractivity contribution in [3.05, 3.63) is 0 Å². The van der Waals surface area contributed by atoms with E-state index in [0.29, 0.717) is 25.3 Å². The molecule has 0 spiro atoms. The van der Waals surface area contributed by atoms with Gasteiger partial charge in [-0.25, -0.2) is 0 Å². The zero-order chi connectivity index (χ0) is 12.9. The van der Waals surface area contributed by atoms with Crippen LogP contribution >= 0.6 is 0 Å². The lowest BCUT2D eigenvalue weighted by atomic mass is 9.87. The van der Waals surface area contributed by atoms with Gasteiger partial charge in [-0.15, -0.1) is 6.42 Å². The van der Waals surface area contributed by atoms with Crippen LogP contribution in [0.25, 0.3) is 0 Å². The highest BCUT2D eigenvalue weighted by molar-refractivity contribution is 5.79. The number of carbonyl (C=O) groups is 1. The van der Waals surface area contributed by atoms with Gasteiger partial charge in [0, 0.05) is 19.6 Å². The molecule has 2 N–H and O–H groups in total. The fraction of sp³-hybridized carbons (Fsp3) is 0.769. The van der Waals surface area contributed by atoms with Gasteiger partial charge in [0.25, 0.3) is 0 Å². The van der Waals surface area contributed by atoms with Crippen LogP contribution in [0, 0.1) is 18.3 Å². The molecule has 1 saturated heterocycles. The first-order chi connectivity index (χ1) is 8.00. The summed E-state index contributed by atoms with van der Waals surface area (Å²) in [7, 11) is 0. The molecule has 1 heterocycles. The molecule has 0 radical (unpaired) electrons. The monoisotopic (exact) mass is 238 g/mol. The van der Waals surface area contributed by atoms with Crippen LogP contribution in [-0.2, 0) is 4.79 Å². The van der Waals surface area contributed by atoms with Gasteiger partial charge in [0.2, 0.25) is 0 Å². The van der Waals surface area contributed by atoms with Crippen molar-refractivity contribution in [1.82, 2.24) is 10.2 Å². The van der Waals surface area contributed by atoms with Crippen LogP contribution in [0.3, 0.4) is 0 Å². The number of piperidine rings is 1. The molecule has 17 heavy (non-hydrogen) atoms. The zero-order valence-corrected chi connectivity index (χ0v) is 10.7. The van der Waals surface area contributed by atoms with Gasteiger partial charge in [-0.05, 0) is 18.8 Å². The number of aliphatic carboxylic acids is 1. The van der Waals surface area contributed by atoms with E-state index in [2.05, 4.69) is 30.0 Å². The Morgan fingerprint density at radius 1 is 1.53 bits per heavy atom. The molecule has 0 amide bonds. The van der Waals surface area contributed by atoms with Crippen molar-refractivity contribution in [2.75, 3.05) is 26.2 Å². The van der Waals surface area contributed by atoms with Gasteiger partial charge in [-0.3, -0.25) is 10.1 Å². The van der Waals surface area contributed by atoms with Crippen LogP contribution in [-0.4, -0.2) is 47.7 Å². The van der Waals surface area contributed by atoms with E-state index < -0.39 is 11.5 Å². The number of rotatable bonds is 5. The van der Waals surface area contributed by atoms with E-state index in [1.807, 2.05) is 0 Å². The van der Waals surface area contributed by atoms with Crippen molar-refractivity contribution >= 4 is 5.97 Å². The molecule has 1 rings (SSSR count). The second kappa shape index (κ2) is 6.04. The summed E-state index contributed by atoms with van der Waals surface area (Å²) in [6.07, 6.45) is 6.43. The number of hydrogen-bond acceptors (Lipinski definition) is 3. The van der Waals surface area contributed by atoms with E-state index in [-0.39, 0.29) is 0 Å². The SMILES string of the molecule is C#CCNC1(C(=O)O)CCN(CC(C)C)CC1. The summed E-state index contributed by atoms with van der Waals surface area (Å²) in [5, 5.41) is 12.3. The minimum absolute atomic E-state index is 0.316. The topological polar surface area (TPSA) is 52.6 Å². The zero-order valence-electron chi connectivity index (χ0n) is 10.7. The Morgan fingerprint density at radius 2 is 2.12 bits per heavy atom. The summed E-state index contributed by atoms with van der Waals surface area (Å²) >= 11 is 0. The quantitative estimate of drug-likeness (QED) is 0.695. The van der Waals surface area contributed by atoms with Crippen LogP contribution in [0.15, 0.2) is 0 Å². The molecule has 0 bridgehead atoms. The third-order valence-corrected chi connectivity index (χ3v) is 3.27. The van der Waals surface area contributed by atoms with Crippen LogP contribution in [0.5, 0.6) is 0 Å². The molecule has 0 aromatic rings. The van der Waals surface area contributed by atoms with E-state index in [4.69, 9.17) is 6.42 Å². The van der Waals surface area contributed by atoms with Crippen LogP contribution in [0.2, 0.25) is 0 Å². The number of carboxylic acids is 1. The molecular formula is C13H22N2O2. The van der Waals surface area contributed by atoms with E-state index in [0.717, 1.165) is 19.6 Å². The van der Waals surface area contributed by atoms with Crippen molar-refractivity contribution in [3.63, 3.8) is 0 Å². The molecule has 1 aliphatic heterocycles. The van der Waals surface area contributed by atoms with Crippen molar-refractivity contribution < 1.29 is 9.90 Å². The van der Waals surface area contributed by atoms with Gasteiger partial charge >= 0.3 is 5.97 Å². The molecular weight excluding hydrogens is 216 g/mol. The first-order valence-electron chi connectivity index (χ1n) is 6.14. The molecule has 4 heteroatoms. The van der Waals surface area contributed by atoms with Gasteiger partial charge < -0.3 is 10.0 Å². The predicted octanol–water partition coefficient (Wildman–Crippen LogP) is 0.784. The molecule has 1 fully saturated rings. The fourth-order valence-electron chi connectivity index (χ4n) is 2.32. The highest BCUT2D eigenvalue weighted by Gasteiger charge is 2.40. The molecule has 0 aromatic heterocycles. The Labute approximate surface area is 103 Å². The third kappa shape index (κ3) is 3.72. The Kier molecular flexibility index (Phi) is 4.98. The Morgan fingerprint density at radius 3 is 2.53 bits per heavy atom. The smallest absolute Gasteiger partial charge is 0.324 e. The maximum atomic E-state index is 11.4. The first kappa shape index (κ1) is 14.0. The number of terminal acetylenes is 1. The lowest BCUT2D eigenvalue weighted by Crippen LogP contribution is -2.58. The number of nitrogens with one attached hydrogen (secondary N) is 1. The summed E-state index contributed by atoms with van der Waals surface area (Å²) in [5.74, 6) is 2.29. The lowest BCUT2D eigenvalue weighted by Gasteiger charge is -2.39. The van der Waals surface area contributed by atoms with Gasteiger partial charge in [0.05, 0.1) is 6.54 Å². The number of hydrogen-bond donors (Lipinski definition) is 2. The standard InChI is InChI=1S/C13H22N2O2/c1-4-7-14-13(12(16)17)5-8-15(9-6-13)10-11(2)3/h1,11,14H,5-10H2,2-3H3,(H,16,17). The summed E-state index contributed by atoms with van der Waals surface area (Å²) in [4.78, 5) is 13.7. The second-order valence-corrected chi connectivity index (χ2v) is 5.14. The van der Waals surface area contributed by atoms with Gasteiger partial charge in [0.1, 0.15) is 5.54 Å². The van der Waals surface area contributed by atoms with E-state index in [9.17, 15) is 9.90 Å². The van der Waals surface area contributed by atoms with Gasteiger partial charge in [-0.2, -0.15) is 0 Å². The largest absolute Gasteiger partial charge is 0.480 e. The van der Waals surface area contributed by atoms with Crippen LogP contribution in [0.1, 0.15) is 26.7 Å². The summed E-state index contributed by atoms with van der Waals surface area (Å²) in [6, 6.07) is 0. The molecule has 0 unspecified atom stereocenters. The second-order valence-electron chi connectivity index (χ2n) is 5.14. The predicted molar refractivity (Wildman–Crippen MR) is 67.7 cm³/mol. The summed E-state index contributed by atoms with van der Waals surface area (Å²) < 4.78 is 0. The molecule has 0 aromatic carbocycles. The average molecular weight is 238 g/mol. The normalized spacial score (nSPS) is 20.1. The highest BCUT2D eigenvalue weighted by atomic mass is 16.4. The van der Waals surface area contributed by atoms with Crippen molar-refractivity contribution in [1.29, 1.82) is 0 Å². The first-order valence-corrected chi connectivity index (χ1v) is 6.14. The minimum atomic E-state index is -0.820. The molecule has 0 atom stereocenters. The third-order valence-electron chi connectivity index (χ3n) is 3.27. The number of carboxylic acid groups (broad SMARTS) is 1. The lowest BCUT2D eigenvalue weighted by molar-refractivity contribution is -0.147. The van der Waals surface area contributed by atoms with Gasteiger partial charge in [-0.1, -0.05) is 19.8 Å². The minimum Gasteiger partial charge on any atom is -0.480 e. The van der Waals surface area contributed by atoms with E-state index in [1.54, 1.807) is 0 Å². The van der Waals surface area contributed by atoms with Crippen LogP contribution < -0.4 is 5.32 Å². The van der Waals surface area contributed by atoms with Gasteiger partial charge in [0.15, 0.2) is 0 Å². The van der Waals surface area contributed by atoms with Crippen molar-refractivity contribution in [2.24, 2.45) is 5.92 Å². The average Bonchev–Trinajstić information content (AvgIpc) is 2.27.